The number of hydrogen-bond acceptors (Lipinski definition) is 3. The van der Waals surface area contributed by atoms with Gasteiger partial charge in [-0.25, -0.2) is 0 Å². The zero-order valence-electron chi connectivity index (χ0n) is 10.6. The van der Waals surface area contributed by atoms with Crippen molar-refractivity contribution in [1.82, 2.24) is 5.32 Å². The van der Waals surface area contributed by atoms with Crippen molar-refractivity contribution in [2.75, 3.05) is 0 Å². The van der Waals surface area contributed by atoms with Gasteiger partial charge in [0, 0.05) is 11.1 Å². The molecule has 1 aliphatic carbocycles. The molecule has 2 unspecified atom stereocenters. The molecular weight excluding hydrogens is 260 g/mol. The van der Waals surface area contributed by atoms with E-state index in [2.05, 4.69) is 5.32 Å². The number of aliphatic hydroxyl groups excluding tert-OH is 1. The molecule has 1 fully saturated rings. The molecule has 0 aromatic heterocycles. The van der Waals surface area contributed by atoms with Crippen molar-refractivity contribution >= 4 is 23.1 Å². The number of carbonyl (C=O) groups is 1. The van der Waals surface area contributed by atoms with Crippen LogP contribution in [0.3, 0.4) is 0 Å². The first-order valence-electron chi connectivity index (χ1n) is 6.46. The lowest BCUT2D eigenvalue weighted by molar-refractivity contribution is 0.0717. The number of hydrogen-bond donors (Lipinski definition) is 3. The van der Waals surface area contributed by atoms with Crippen LogP contribution in [-0.4, -0.2) is 28.1 Å². The Morgan fingerprint density at radius 1 is 1.32 bits per heavy atom. The van der Waals surface area contributed by atoms with Crippen LogP contribution in [0.25, 0.3) is 0 Å². The third-order valence-corrected chi connectivity index (χ3v) is 3.69. The highest BCUT2D eigenvalue weighted by atomic mass is 32.1. The molecule has 1 saturated carbocycles. The van der Waals surface area contributed by atoms with Gasteiger partial charge in [0.15, 0.2) is 0 Å². The predicted molar refractivity (Wildman–Crippen MR) is 78.1 cm³/mol. The average molecular weight is 278 g/mol. The summed E-state index contributed by atoms with van der Waals surface area (Å²) in [7, 11) is 0. The van der Waals surface area contributed by atoms with Gasteiger partial charge < -0.3 is 16.2 Å². The zero-order valence-corrected chi connectivity index (χ0v) is 11.5. The highest BCUT2D eigenvalue weighted by Gasteiger charge is 2.24. The fourth-order valence-corrected chi connectivity index (χ4v) is 2.47. The maximum absolute atomic E-state index is 12.1. The smallest absolute Gasteiger partial charge is 0.251 e. The third-order valence-electron chi connectivity index (χ3n) is 3.46. The number of nitrogens with two attached hydrogens (primary N) is 1. The number of aliphatic hydroxyl groups is 1. The van der Waals surface area contributed by atoms with Crippen molar-refractivity contribution in [2.45, 2.75) is 37.8 Å². The van der Waals surface area contributed by atoms with Crippen molar-refractivity contribution in [3.05, 3.63) is 35.4 Å². The lowest BCUT2D eigenvalue weighted by Gasteiger charge is -2.28. The van der Waals surface area contributed by atoms with E-state index in [-0.39, 0.29) is 16.9 Å². The van der Waals surface area contributed by atoms with Crippen molar-refractivity contribution in [2.24, 2.45) is 5.73 Å². The number of amides is 1. The molecule has 5 heteroatoms. The Hall–Kier alpha value is -1.46. The molecule has 2 rings (SSSR count). The van der Waals surface area contributed by atoms with Crippen LogP contribution in [-0.2, 0) is 0 Å². The van der Waals surface area contributed by atoms with Crippen LogP contribution >= 0.6 is 12.2 Å². The van der Waals surface area contributed by atoms with E-state index in [4.69, 9.17) is 18.0 Å². The van der Waals surface area contributed by atoms with Crippen molar-refractivity contribution < 1.29 is 9.90 Å². The molecule has 19 heavy (non-hydrogen) atoms. The van der Waals surface area contributed by atoms with Gasteiger partial charge in [-0.2, -0.15) is 0 Å². The number of carbonyl (C=O) groups excluding carboxylic acids is 1. The minimum absolute atomic E-state index is 0.158. The number of benzene rings is 1. The summed E-state index contributed by atoms with van der Waals surface area (Å²) < 4.78 is 0. The summed E-state index contributed by atoms with van der Waals surface area (Å²) in [5.74, 6) is -0.191. The van der Waals surface area contributed by atoms with E-state index in [1.165, 1.54) is 0 Å². The van der Waals surface area contributed by atoms with Gasteiger partial charge in [-0.15, -0.1) is 0 Å². The van der Waals surface area contributed by atoms with E-state index in [0.717, 1.165) is 25.7 Å². The Morgan fingerprint density at radius 2 is 2.00 bits per heavy atom. The first-order chi connectivity index (χ1) is 9.08. The third kappa shape index (κ3) is 3.52. The van der Waals surface area contributed by atoms with Gasteiger partial charge in [-0.05, 0) is 25.0 Å². The molecule has 1 aromatic carbocycles. The highest BCUT2D eigenvalue weighted by Crippen LogP contribution is 2.18. The van der Waals surface area contributed by atoms with E-state index in [9.17, 15) is 9.90 Å². The predicted octanol–water partition coefficient (Wildman–Crippen LogP) is 1.35. The normalized spacial score (nSPS) is 22.8. The summed E-state index contributed by atoms with van der Waals surface area (Å²) in [5, 5.41) is 12.7. The van der Waals surface area contributed by atoms with Crippen LogP contribution in [0.4, 0.5) is 0 Å². The Labute approximate surface area is 118 Å². The maximum Gasteiger partial charge on any atom is 0.251 e. The molecule has 1 aromatic rings. The number of rotatable bonds is 3. The van der Waals surface area contributed by atoms with Gasteiger partial charge in [0.05, 0.1) is 12.1 Å². The maximum atomic E-state index is 12.1. The van der Waals surface area contributed by atoms with Crippen LogP contribution in [0.1, 0.15) is 41.6 Å². The second-order valence-corrected chi connectivity index (χ2v) is 5.32. The second-order valence-electron chi connectivity index (χ2n) is 4.88. The lowest BCUT2D eigenvalue weighted by Crippen LogP contribution is -2.45. The van der Waals surface area contributed by atoms with Crippen LogP contribution in [0.2, 0.25) is 0 Å². The minimum atomic E-state index is -0.448. The molecule has 4 N–H and O–H groups in total. The van der Waals surface area contributed by atoms with Gasteiger partial charge in [-0.3, -0.25) is 4.79 Å². The van der Waals surface area contributed by atoms with Crippen molar-refractivity contribution in [1.29, 1.82) is 0 Å². The molecule has 0 saturated heterocycles. The van der Waals surface area contributed by atoms with E-state index < -0.39 is 6.10 Å². The van der Waals surface area contributed by atoms with Gasteiger partial charge in [-0.1, -0.05) is 37.2 Å². The molecule has 2 atom stereocenters. The largest absolute Gasteiger partial charge is 0.391 e. The first-order valence-corrected chi connectivity index (χ1v) is 6.87. The summed E-state index contributed by atoms with van der Waals surface area (Å²) in [5.41, 5.74) is 6.74. The molecule has 4 nitrogen and oxygen atoms in total. The molecule has 1 aliphatic rings. The summed E-state index contributed by atoms with van der Waals surface area (Å²) in [4.78, 5) is 12.4. The van der Waals surface area contributed by atoms with Crippen molar-refractivity contribution in [3.8, 4) is 0 Å². The van der Waals surface area contributed by atoms with E-state index in [0.29, 0.717) is 11.1 Å². The Morgan fingerprint density at radius 3 is 2.68 bits per heavy atom. The minimum Gasteiger partial charge on any atom is -0.391 e. The molecule has 0 aliphatic heterocycles. The first kappa shape index (κ1) is 14.0. The van der Waals surface area contributed by atoms with Gasteiger partial charge in [0.25, 0.3) is 5.91 Å². The van der Waals surface area contributed by atoms with Gasteiger partial charge in [0.1, 0.15) is 4.99 Å². The Kier molecular flexibility index (Phi) is 4.50. The molecule has 0 heterocycles. The zero-order chi connectivity index (χ0) is 13.8. The van der Waals surface area contributed by atoms with Crippen LogP contribution in [0.5, 0.6) is 0 Å². The molecule has 0 bridgehead atoms. The Balaban J connectivity index is 2.07. The summed E-state index contributed by atoms with van der Waals surface area (Å²) in [6.07, 6.45) is 3.18. The summed E-state index contributed by atoms with van der Waals surface area (Å²) in [6, 6.07) is 6.75. The van der Waals surface area contributed by atoms with Crippen LogP contribution in [0.15, 0.2) is 24.3 Å². The summed E-state index contributed by atoms with van der Waals surface area (Å²) in [6.45, 7) is 0. The lowest BCUT2D eigenvalue weighted by atomic mass is 9.92. The van der Waals surface area contributed by atoms with Gasteiger partial charge in [0.2, 0.25) is 0 Å². The molecular formula is C14H18N2O2S. The van der Waals surface area contributed by atoms with Gasteiger partial charge >= 0.3 is 0 Å². The summed E-state index contributed by atoms with van der Waals surface area (Å²) >= 11 is 4.89. The monoisotopic (exact) mass is 278 g/mol. The Bertz CT molecular complexity index is 490. The highest BCUT2D eigenvalue weighted by molar-refractivity contribution is 7.80. The fourth-order valence-electron chi connectivity index (χ4n) is 2.35. The number of thiocarbonyl (C=S) groups is 1. The standard InChI is InChI=1S/C14H18N2O2S/c15-13(19)9-4-3-5-10(8-9)14(18)16-11-6-1-2-7-12(11)17/h3-5,8,11-12,17H,1-2,6-7H2,(H2,15,19)(H,16,18). The molecule has 1 amide bonds. The van der Waals surface area contributed by atoms with Crippen LogP contribution in [0, 0.1) is 0 Å². The second kappa shape index (κ2) is 6.12. The fraction of sp³-hybridized carbons (Fsp3) is 0.429. The average Bonchev–Trinajstić information content (AvgIpc) is 2.41. The molecule has 102 valence electrons. The SMILES string of the molecule is NC(=S)c1cccc(C(=O)NC2CCCCC2O)c1. The molecule has 0 radical (unpaired) electrons. The van der Waals surface area contributed by atoms with E-state index in [1.54, 1.807) is 24.3 Å². The van der Waals surface area contributed by atoms with E-state index in [1.807, 2.05) is 0 Å². The van der Waals surface area contributed by atoms with E-state index >= 15 is 0 Å². The van der Waals surface area contributed by atoms with Crippen molar-refractivity contribution in [3.63, 3.8) is 0 Å². The number of nitrogens with one attached hydrogen (secondary N) is 1. The topological polar surface area (TPSA) is 75.4 Å². The quantitative estimate of drug-likeness (QED) is 0.730. The van der Waals surface area contributed by atoms with Crippen LogP contribution < -0.4 is 11.1 Å². The molecule has 0 spiro atoms.